The molecule has 2 N–H and O–H groups in total. The molecule has 0 saturated carbocycles. The first kappa shape index (κ1) is 20.2. The molecule has 0 aliphatic rings. The van der Waals surface area contributed by atoms with Crippen LogP contribution >= 0.6 is 15.9 Å². The van der Waals surface area contributed by atoms with Gasteiger partial charge in [0.1, 0.15) is 28.7 Å². The minimum absolute atomic E-state index is 0.231. The Hall–Kier alpha value is -2.10. The molecular formula is C17H18BrNO6S. The molecule has 0 unspecified atom stereocenters. The number of nitrogens with one attached hydrogen (secondary N) is 1. The molecule has 26 heavy (non-hydrogen) atoms. The lowest BCUT2D eigenvalue weighted by atomic mass is 10.1. The zero-order chi connectivity index (χ0) is 19.5. The van der Waals surface area contributed by atoms with E-state index >= 15 is 0 Å². The van der Waals surface area contributed by atoms with E-state index in [-0.39, 0.29) is 5.75 Å². The van der Waals surface area contributed by atoms with Crippen LogP contribution in [0, 0.1) is 13.8 Å². The summed E-state index contributed by atoms with van der Waals surface area (Å²) >= 11 is 3.40. The number of hydrogen-bond acceptors (Lipinski definition) is 6. The Balaban J connectivity index is 2.34. The third-order valence-corrected chi connectivity index (χ3v) is 5.39. The molecule has 0 bridgehead atoms. The van der Waals surface area contributed by atoms with Gasteiger partial charge in [0.2, 0.25) is 10.0 Å². The molecular weight excluding hydrogens is 426 g/mol. The summed E-state index contributed by atoms with van der Waals surface area (Å²) in [6.45, 7) is 3.18. The van der Waals surface area contributed by atoms with Crippen LogP contribution in [-0.4, -0.2) is 33.1 Å². The molecule has 0 radical (unpaired) electrons. The highest BCUT2D eigenvalue weighted by atomic mass is 79.9. The number of aryl methyl sites for hydroxylation is 2. The fourth-order valence-electron chi connectivity index (χ4n) is 2.25. The lowest BCUT2D eigenvalue weighted by Crippen LogP contribution is -2.30. The monoisotopic (exact) mass is 443 g/mol. The highest BCUT2D eigenvalue weighted by molar-refractivity contribution is 9.10. The summed E-state index contributed by atoms with van der Waals surface area (Å²) < 4.78 is 37.8. The van der Waals surface area contributed by atoms with Crippen molar-refractivity contribution in [2.45, 2.75) is 18.7 Å². The first-order valence-corrected chi connectivity index (χ1v) is 9.75. The van der Waals surface area contributed by atoms with Gasteiger partial charge in [0.15, 0.2) is 0 Å². The fraction of sp³-hybridized carbons (Fsp3) is 0.235. The predicted molar refractivity (Wildman–Crippen MR) is 99.0 cm³/mol. The normalized spacial score (nSPS) is 11.2. The Bertz CT molecular complexity index is 919. The van der Waals surface area contributed by atoms with Gasteiger partial charge >= 0.3 is 5.97 Å². The molecule has 2 rings (SSSR count). The molecule has 0 heterocycles. The second kappa shape index (κ2) is 8.07. The smallest absolute Gasteiger partial charge is 0.320 e. The van der Waals surface area contributed by atoms with Crippen LogP contribution in [0.4, 0.5) is 0 Å². The topological polar surface area (TPSA) is 102 Å². The summed E-state index contributed by atoms with van der Waals surface area (Å²) in [5, 5.41) is 9.91. The van der Waals surface area contributed by atoms with Gasteiger partial charge in [-0.05, 0) is 49.2 Å². The summed E-state index contributed by atoms with van der Waals surface area (Å²) in [6.07, 6.45) is 0. The van der Waals surface area contributed by atoms with Crippen molar-refractivity contribution in [1.82, 2.24) is 4.72 Å². The van der Waals surface area contributed by atoms with Gasteiger partial charge in [0.05, 0.1) is 7.11 Å². The lowest BCUT2D eigenvalue weighted by Gasteiger charge is -2.14. The van der Waals surface area contributed by atoms with E-state index in [1.54, 1.807) is 0 Å². The number of hydrogen-bond donors (Lipinski definition) is 2. The highest BCUT2D eigenvalue weighted by Gasteiger charge is 2.21. The van der Waals surface area contributed by atoms with Crippen molar-refractivity contribution in [2.24, 2.45) is 0 Å². The van der Waals surface area contributed by atoms with Crippen molar-refractivity contribution < 1.29 is 27.8 Å². The molecule has 2 aromatic rings. The van der Waals surface area contributed by atoms with Crippen LogP contribution in [0.3, 0.4) is 0 Å². The number of methoxy groups -OCH3 is 1. The van der Waals surface area contributed by atoms with Crippen molar-refractivity contribution in [1.29, 1.82) is 0 Å². The minimum Gasteiger partial charge on any atom is -0.507 e. The van der Waals surface area contributed by atoms with Gasteiger partial charge < -0.3 is 14.6 Å². The molecule has 0 amide bonds. The molecule has 140 valence electrons. The van der Waals surface area contributed by atoms with Crippen LogP contribution in [0.1, 0.15) is 11.1 Å². The Labute approximate surface area is 160 Å². The molecule has 0 saturated heterocycles. The van der Waals surface area contributed by atoms with E-state index in [2.05, 4.69) is 25.4 Å². The molecule has 2 aromatic carbocycles. The maximum Gasteiger partial charge on any atom is 0.320 e. The quantitative estimate of drug-likeness (QED) is 0.665. The third kappa shape index (κ3) is 4.75. The van der Waals surface area contributed by atoms with E-state index in [1.807, 2.05) is 26.0 Å². The van der Waals surface area contributed by atoms with Crippen LogP contribution in [0.2, 0.25) is 0 Å². The SMILES string of the molecule is COC(=O)CNS(=O)(=O)c1cc(Oc2c(C)cc(Br)cc2C)ccc1O. The first-order valence-electron chi connectivity index (χ1n) is 7.48. The summed E-state index contributed by atoms with van der Waals surface area (Å²) in [7, 11) is -2.98. The van der Waals surface area contributed by atoms with Gasteiger partial charge in [0, 0.05) is 10.5 Å². The zero-order valence-corrected chi connectivity index (χ0v) is 16.8. The van der Waals surface area contributed by atoms with Gasteiger partial charge in [0.25, 0.3) is 0 Å². The van der Waals surface area contributed by atoms with E-state index in [1.165, 1.54) is 18.2 Å². The molecule has 7 nitrogen and oxygen atoms in total. The van der Waals surface area contributed by atoms with Crippen molar-refractivity contribution in [2.75, 3.05) is 13.7 Å². The van der Waals surface area contributed by atoms with Crippen molar-refractivity contribution in [3.05, 3.63) is 45.9 Å². The first-order chi connectivity index (χ1) is 12.1. The number of carbonyl (C=O) groups excluding carboxylic acids is 1. The van der Waals surface area contributed by atoms with Gasteiger partial charge in [-0.15, -0.1) is 0 Å². The van der Waals surface area contributed by atoms with Gasteiger partial charge in [-0.25, -0.2) is 8.42 Å². The second-order valence-electron chi connectivity index (χ2n) is 5.50. The Morgan fingerprint density at radius 2 is 1.81 bits per heavy atom. The van der Waals surface area contributed by atoms with E-state index in [4.69, 9.17) is 4.74 Å². The Morgan fingerprint density at radius 3 is 2.38 bits per heavy atom. The standard InChI is InChI=1S/C17H18BrNO6S/c1-10-6-12(18)7-11(2)17(10)25-13-4-5-14(20)15(8-13)26(22,23)19-9-16(21)24-3/h4-8,19-20H,9H2,1-3H3. The number of phenols is 1. The zero-order valence-electron chi connectivity index (χ0n) is 14.4. The highest BCUT2D eigenvalue weighted by Crippen LogP contribution is 2.34. The number of sulfonamides is 1. The number of rotatable bonds is 6. The number of aromatic hydroxyl groups is 1. The molecule has 0 fully saturated rings. The average molecular weight is 444 g/mol. The molecule has 0 spiro atoms. The van der Waals surface area contributed by atoms with E-state index in [0.29, 0.717) is 5.75 Å². The molecule has 0 aliphatic carbocycles. The molecule has 0 atom stereocenters. The number of ether oxygens (including phenoxy) is 2. The largest absolute Gasteiger partial charge is 0.507 e. The summed E-state index contributed by atoms with van der Waals surface area (Å²) in [4.78, 5) is 10.7. The van der Waals surface area contributed by atoms with Gasteiger partial charge in [-0.1, -0.05) is 15.9 Å². The summed E-state index contributed by atoms with van der Waals surface area (Å²) in [5.74, 6) is -0.389. The minimum atomic E-state index is -4.13. The van der Waals surface area contributed by atoms with Crippen molar-refractivity contribution >= 4 is 31.9 Å². The maximum absolute atomic E-state index is 12.3. The van der Waals surface area contributed by atoms with Crippen LogP contribution < -0.4 is 9.46 Å². The average Bonchev–Trinajstić information content (AvgIpc) is 2.57. The number of halogens is 1. The number of benzene rings is 2. The van der Waals surface area contributed by atoms with Crippen LogP contribution in [0.15, 0.2) is 39.7 Å². The van der Waals surface area contributed by atoms with Crippen LogP contribution in [-0.2, 0) is 19.6 Å². The number of carbonyl (C=O) groups is 1. The van der Waals surface area contributed by atoms with E-state index < -0.39 is 33.2 Å². The van der Waals surface area contributed by atoms with Crippen LogP contribution in [0.25, 0.3) is 0 Å². The predicted octanol–water partition coefficient (Wildman–Crippen LogP) is 3.02. The summed E-state index contributed by atoms with van der Waals surface area (Å²) in [6, 6.07) is 7.60. The van der Waals surface area contributed by atoms with Gasteiger partial charge in [-0.3, -0.25) is 4.79 Å². The van der Waals surface area contributed by atoms with Gasteiger partial charge in [-0.2, -0.15) is 4.72 Å². The Kier molecular flexibility index (Phi) is 6.27. The van der Waals surface area contributed by atoms with Crippen molar-refractivity contribution in [3.8, 4) is 17.2 Å². The fourth-order valence-corrected chi connectivity index (χ4v) is 4.02. The van der Waals surface area contributed by atoms with E-state index in [9.17, 15) is 18.3 Å². The number of phenolic OH excluding ortho intramolecular Hbond substituents is 1. The number of esters is 1. The molecule has 9 heteroatoms. The second-order valence-corrected chi connectivity index (χ2v) is 8.15. The lowest BCUT2D eigenvalue weighted by molar-refractivity contribution is -0.139. The van der Waals surface area contributed by atoms with E-state index in [0.717, 1.165) is 22.7 Å². The Morgan fingerprint density at radius 1 is 1.19 bits per heavy atom. The molecule has 0 aliphatic heterocycles. The maximum atomic E-state index is 12.3. The van der Waals surface area contributed by atoms with Crippen LogP contribution in [0.5, 0.6) is 17.2 Å². The summed E-state index contributed by atoms with van der Waals surface area (Å²) in [5.41, 5.74) is 1.72. The molecule has 0 aromatic heterocycles. The van der Waals surface area contributed by atoms with Crippen molar-refractivity contribution in [3.63, 3.8) is 0 Å². The third-order valence-electron chi connectivity index (χ3n) is 3.50.